The molecule has 0 saturated carbocycles. The maximum absolute atomic E-state index is 3.46. The highest BCUT2D eigenvalue weighted by Crippen LogP contribution is 2.03. The zero-order valence-electron chi connectivity index (χ0n) is 7.78. The molecule has 0 amide bonds. The molecule has 0 fully saturated rings. The van der Waals surface area contributed by atoms with Crippen LogP contribution in [0.25, 0.3) is 0 Å². The fourth-order valence-corrected chi connectivity index (χ4v) is 1.18. The van der Waals surface area contributed by atoms with Crippen LogP contribution in [0, 0.1) is 5.92 Å². The zero-order chi connectivity index (χ0) is 7.98. The first kappa shape index (κ1) is 9.96. The summed E-state index contributed by atoms with van der Waals surface area (Å²) >= 11 is 0. The second kappa shape index (κ2) is 5.72. The van der Waals surface area contributed by atoms with Crippen molar-refractivity contribution in [1.29, 1.82) is 0 Å². The molecule has 0 aromatic heterocycles. The molecule has 1 nitrogen and oxygen atoms in total. The van der Waals surface area contributed by atoms with Crippen molar-refractivity contribution in [1.82, 2.24) is 5.32 Å². The van der Waals surface area contributed by atoms with Gasteiger partial charge in [0, 0.05) is 6.04 Å². The molecule has 0 aromatic rings. The van der Waals surface area contributed by atoms with Crippen LogP contribution in [0.15, 0.2) is 0 Å². The Morgan fingerprint density at radius 1 is 1.20 bits per heavy atom. The molecule has 1 N–H and O–H groups in total. The van der Waals surface area contributed by atoms with E-state index in [0.717, 1.165) is 12.5 Å². The van der Waals surface area contributed by atoms with Crippen LogP contribution < -0.4 is 5.32 Å². The van der Waals surface area contributed by atoms with Gasteiger partial charge in [-0.05, 0) is 32.2 Å². The van der Waals surface area contributed by atoms with Crippen molar-refractivity contribution in [2.24, 2.45) is 5.92 Å². The van der Waals surface area contributed by atoms with Gasteiger partial charge in [-0.15, -0.1) is 0 Å². The van der Waals surface area contributed by atoms with Crippen LogP contribution in [0.4, 0.5) is 0 Å². The minimum absolute atomic E-state index is 0.694. The molecule has 0 aliphatic heterocycles. The summed E-state index contributed by atoms with van der Waals surface area (Å²) in [6, 6.07) is 0.694. The number of rotatable bonds is 5. The van der Waals surface area contributed by atoms with Gasteiger partial charge in [-0.3, -0.25) is 0 Å². The molecule has 0 saturated heterocycles. The van der Waals surface area contributed by atoms with E-state index in [1.807, 2.05) is 0 Å². The third kappa shape index (κ3) is 6.09. The van der Waals surface area contributed by atoms with E-state index in [1.165, 1.54) is 12.8 Å². The first-order valence-electron chi connectivity index (χ1n) is 4.40. The van der Waals surface area contributed by atoms with Crippen molar-refractivity contribution in [2.75, 3.05) is 6.54 Å². The topological polar surface area (TPSA) is 12.0 Å². The molecule has 0 heterocycles. The van der Waals surface area contributed by atoms with Gasteiger partial charge >= 0.3 is 0 Å². The Morgan fingerprint density at radius 3 is 2.20 bits per heavy atom. The molecule has 0 unspecified atom stereocenters. The molecule has 10 heavy (non-hydrogen) atoms. The van der Waals surface area contributed by atoms with Crippen LogP contribution in [0.2, 0.25) is 0 Å². The Hall–Kier alpha value is -0.0400. The lowest BCUT2D eigenvalue weighted by molar-refractivity contribution is 0.443. The largest absolute Gasteiger partial charge is 0.314 e. The van der Waals surface area contributed by atoms with Gasteiger partial charge in [0.2, 0.25) is 0 Å². The highest BCUT2D eigenvalue weighted by molar-refractivity contribution is 4.61. The summed E-state index contributed by atoms with van der Waals surface area (Å²) < 4.78 is 0. The van der Waals surface area contributed by atoms with Gasteiger partial charge in [-0.2, -0.15) is 0 Å². The number of hydrogen-bond donors (Lipinski definition) is 1. The van der Waals surface area contributed by atoms with Gasteiger partial charge in [0.25, 0.3) is 0 Å². The molecule has 0 aliphatic rings. The van der Waals surface area contributed by atoms with Gasteiger partial charge < -0.3 is 5.32 Å². The van der Waals surface area contributed by atoms with Crippen molar-refractivity contribution in [3.8, 4) is 0 Å². The standard InChI is InChI=1S/C9H21N/c1-5-6-10-9(4)7-8(2)3/h8-10H,5-7H2,1-4H3/t9-/m1/s1. The van der Waals surface area contributed by atoms with E-state index >= 15 is 0 Å². The third-order valence-electron chi connectivity index (χ3n) is 1.57. The summed E-state index contributed by atoms with van der Waals surface area (Å²) in [5, 5.41) is 3.46. The molecule has 0 radical (unpaired) electrons. The van der Waals surface area contributed by atoms with Gasteiger partial charge in [-0.25, -0.2) is 0 Å². The molecule has 62 valence electrons. The fraction of sp³-hybridized carbons (Fsp3) is 1.00. The lowest BCUT2D eigenvalue weighted by atomic mass is 10.1. The van der Waals surface area contributed by atoms with E-state index in [1.54, 1.807) is 0 Å². The maximum Gasteiger partial charge on any atom is 0.00411 e. The molecular formula is C9H21N. The summed E-state index contributed by atoms with van der Waals surface area (Å²) in [5.41, 5.74) is 0. The van der Waals surface area contributed by atoms with Gasteiger partial charge in [0.15, 0.2) is 0 Å². The van der Waals surface area contributed by atoms with E-state index in [2.05, 4.69) is 33.0 Å². The summed E-state index contributed by atoms with van der Waals surface area (Å²) in [7, 11) is 0. The summed E-state index contributed by atoms with van der Waals surface area (Å²) in [6.07, 6.45) is 2.53. The fourth-order valence-electron chi connectivity index (χ4n) is 1.18. The average Bonchev–Trinajstić information content (AvgIpc) is 1.82. The van der Waals surface area contributed by atoms with Crippen molar-refractivity contribution >= 4 is 0 Å². The monoisotopic (exact) mass is 143 g/mol. The van der Waals surface area contributed by atoms with Crippen LogP contribution in [0.5, 0.6) is 0 Å². The molecule has 0 rings (SSSR count). The molecular weight excluding hydrogens is 122 g/mol. The van der Waals surface area contributed by atoms with Crippen LogP contribution in [0.3, 0.4) is 0 Å². The summed E-state index contributed by atoms with van der Waals surface area (Å²) in [6.45, 7) is 10.2. The van der Waals surface area contributed by atoms with Crippen LogP contribution in [0.1, 0.15) is 40.5 Å². The molecule has 0 aliphatic carbocycles. The minimum Gasteiger partial charge on any atom is -0.314 e. The Morgan fingerprint density at radius 2 is 1.80 bits per heavy atom. The Kier molecular flexibility index (Phi) is 5.70. The van der Waals surface area contributed by atoms with Gasteiger partial charge in [0.05, 0.1) is 0 Å². The lowest BCUT2D eigenvalue weighted by Gasteiger charge is -2.14. The predicted octanol–water partition coefficient (Wildman–Crippen LogP) is 2.42. The van der Waals surface area contributed by atoms with Crippen LogP contribution in [-0.4, -0.2) is 12.6 Å². The molecule has 1 heteroatoms. The van der Waals surface area contributed by atoms with Gasteiger partial charge in [-0.1, -0.05) is 20.8 Å². The van der Waals surface area contributed by atoms with E-state index in [0.29, 0.717) is 6.04 Å². The summed E-state index contributed by atoms with van der Waals surface area (Å²) in [4.78, 5) is 0. The van der Waals surface area contributed by atoms with E-state index in [9.17, 15) is 0 Å². The zero-order valence-corrected chi connectivity index (χ0v) is 7.78. The van der Waals surface area contributed by atoms with Crippen molar-refractivity contribution in [3.63, 3.8) is 0 Å². The average molecular weight is 143 g/mol. The Bertz CT molecular complexity index is 69.1. The smallest absolute Gasteiger partial charge is 0.00411 e. The van der Waals surface area contributed by atoms with E-state index in [-0.39, 0.29) is 0 Å². The minimum atomic E-state index is 0.694. The normalized spacial score (nSPS) is 14.1. The van der Waals surface area contributed by atoms with E-state index < -0.39 is 0 Å². The molecule has 0 spiro atoms. The van der Waals surface area contributed by atoms with Crippen LogP contribution in [-0.2, 0) is 0 Å². The third-order valence-corrected chi connectivity index (χ3v) is 1.57. The molecule has 0 aromatic carbocycles. The molecule has 0 bridgehead atoms. The Balaban J connectivity index is 3.16. The predicted molar refractivity (Wildman–Crippen MR) is 47.2 cm³/mol. The van der Waals surface area contributed by atoms with E-state index in [4.69, 9.17) is 0 Å². The van der Waals surface area contributed by atoms with Crippen molar-refractivity contribution in [2.45, 2.75) is 46.6 Å². The maximum atomic E-state index is 3.46. The number of hydrogen-bond acceptors (Lipinski definition) is 1. The second-order valence-electron chi connectivity index (χ2n) is 3.48. The highest BCUT2D eigenvalue weighted by Gasteiger charge is 2.01. The quantitative estimate of drug-likeness (QED) is 0.623. The summed E-state index contributed by atoms with van der Waals surface area (Å²) in [5.74, 6) is 0.819. The van der Waals surface area contributed by atoms with Gasteiger partial charge in [0.1, 0.15) is 0 Å². The Labute approximate surface area is 65.2 Å². The number of nitrogens with one attached hydrogen (secondary N) is 1. The molecule has 1 atom stereocenters. The van der Waals surface area contributed by atoms with Crippen molar-refractivity contribution in [3.05, 3.63) is 0 Å². The second-order valence-corrected chi connectivity index (χ2v) is 3.48. The van der Waals surface area contributed by atoms with Crippen LogP contribution >= 0.6 is 0 Å². The highest BCUT2D eigenvalue weighted by atomic mass is 14.9. The first-order valence-corrected chi connectivity index (χ1v) is 4.40. The van der Waals surface area contributed by atoms with Crippen molar-refractivity contribution < 1.29 is 0 Å². The lowest BCUT2D eigenvalue weighted by Crippen LogP contribution is -2.27. The first-order chi connectivity index (χ1) is 4.66. The SMILES string of the molecule is CCCN[C@H](C)CC(C)C.